The van der Waals surface area contributed by atoms with Gasteiger partial charge in [0.15, 0.2) is 0 Å². The maximum absolute atomic E-state index is 12.3. The van der Waals surface area contributed by atoms with E-state index in [4.69, 9.17) is 4.74 Å². The van der Waals surface area contributed by atoms with Gasteiger partial charge in [-0.1, -0.05) is 18.2 Å². The Morgan fingerprint density at radius 2 is 1.70 bits per heavy atom. The van der Waals surface area contributed by atoms with E-state index >= 15 is 0 Å². The number of fused-ring (bicyclic) bond motifs is 1. The fraction of sp³-hybridized carbons (Fsp3) is 0.214. The number of ether oxygens (including phenoxy) is 1. The van der Waals surface area contributed by atoms with E-state index in [-0.39, 0.29) is 6.61 Å². The van der Waals surface area contributed by atoms with Gasteiger partial charge in [0, 0.05) is 5.56 Å². The molecule has 0 bridgehead atoms. The second-order valence-electron chi connectivity index (χ2n) is 4.09. The van der Waals surface area contributed by atoms with Gasteiger partial charge in [-0.3, -0.25) is 4.79 Å². The molecule has 0 unspecified atom stereocenters. The Balaban J connectivity index is 2.34. The summed E-state index contributed by atoms with van der Waals surface area (Å²) in [6.45, 7) is -0.715. The van der Waals surface area contributed by atoms with Crippen molar-refractivity contribution in [2.24, 2.45) is 0 Å². The largest absolute Gasteiger partial charge is 0.491 e. The van der Waals surface area contributed by atoms with Crippen molar-refractivity contribution in [3.8, 4) is 5.75 Å². The van der Waals surface area contributed by atoms with E-state index < -0.39 is 24.2 Å². The Morgan fingerprint density at radius 1 is 1.05 bits per heavy atom. The lowest BCUT2D eigenvalue weighted by Gasteiger charge is -2.08. The summed E-state index contributed by atoms with van der Waals surface area (Å²) in [6.07, 6.45) is -4.89. The number of halogens is 4. The second kappa shape index (κ2) is 5.48. The zero-order valence-corrected chi connectivity index (χ0v) is 10.2. The molecule has 2 aromatic rings. The Kier molecular flexibility index (Phi) is 3.92. The van der Waals surface area contributed by atoms with Crippen LogP contribution in [0.4, 0.5) is 17.6 Å². The van der Waals surface area contributed by atoms with E-state index in [1.54, 1.807) is 6.07 Å². The minimum Gasteiger partial charge on any atom is -0.491 e. The first-order valence-electron chi connectivity index (χ1n) is 5.76. The number of carbonyl (C=O) groups excluding carboxylic acids is 1. The molecule has 2 nitrogen and oxygen atoms in total. The third-order valence-corrected chi connectivity index (χ3v) is 2.68. The van der Waals surface area contributed by atoms with Gasteiger partial charge >= 0.3 is 6.18 Å². The molecule has 6 heteroatoms. The maximum Gasteiger partial charge on any atom is 0.454 e. The Bertz CT molecular complexity index is 635. The van der Waals surface area contributed by atoms with Gasteiger partial charge in [0.1, 0.15) is 19.0 Å². The van der Waals surface area contributed by atoms with Gasteiger partial charge in [0.25, 0.3) is 5.78 Å². The predicted molar refractivity (Wildman–Crippen MR) is 65.8 cm³/mol. The summed E-state index contributed by atoms with van der Waals surface area (Å²) in [6, 6.07) is 8.29. The van der Waals surface area contributed by atoms with Crippen LogP contribution in [0, 0.1) is 0 Å². The molecule has 2 aromatic carbocycles. The van der Waals surface area contributed by atoms with Crippen LogP contribution in [0.25, 0.3) is 10.8 Å². The molecule has 0 heterocycles. The van der Waals surface area contributed by atoms with Gasteiger partial charge in [-0.25, -0.2) is 4.39 Å². The highest BCUT2D eigenvalue weighted by atomic mass is 19.4. The molecule has 0 radical (unpaired) electrons. The lowest BCUT2D eigenvalue weighted by Crippen LogP contribution is -2.22. The van der Waals surface area contributed by atoms with Crippen molar-refractivity contribution in [3.05, 3.63) is 42.0 Å². The van der Waals surface area contributed by atoms with E-state index in [1.165, 1.54) is 24.3 Å². The molecular formula is C14H10F4O2. The second-order valence-corrected chi connectivity index (χ2v) is 4.09. The molecule has 0 spiro atoms. The highest BCUT2D eigenvalue weighted by molar-refractivity contribution is 6.03. The minimum atomic E-state index is -4.89. The van der Waals surface area contributed by atoms with Crippen LogP contribution in [0.2, 0.25) is 0 Å². The van der Waals surface area contributed by atoms with E-state index in [0.29, 0.717) is 16.5 Å². The Morgan fingerprint density at radius 3 is 2.35 bits per heavy atom. The molecule has 0 atom stereocenters. The molecule has 0 fully saturated rings. The maximum atomic E-state index is 12.3. The van der Waals surface area contributed by atoms with Crippen LogP contribution in [0.5, 0.6) is 5.75 Å². The predicted octanol–water partition coefficient (Wildman–Crippen LogP) is 3.93. The summed E-state index contributed by atoms with van der Waals surface area (Å²) >= 11 is 0. The van der Waals surface area contributed by atoms with Crippen molar-refractivity contribution in [2.45, 2.75) is 6.18 Å². The molecule has 0 aliphatic heterocycles. The topological polar surface area (TPSA) is 26.3 Å². The highest BCUT2D eigenvalue weighted by Crippen LogP contribution is 2.26. The van der Waals surface area contributed by atoms with Gasteiger partial charge in [0.2, 0.25) is 0 Å². The van der Waals surface area contributed by atoms with Gasteiger partial charge in [-0.05, 0) is 29.0 Å². The lowest BCUT2D eigenvalue weighted by atomic mass is 10.0. The molecule has 0 aliphatic carbocycles. The first-order chi connectivity index (χ1) is 9.41. The average Bonchev–Trinajstić information content (AvgIpc) is 2.42. The summed E-state index contributed by atoms with van der Waals surface area (Å²) in [7, 11) is 0. The number of benzene rings is 2. The van der Waals surface area contributed by atoms with Gasteiger partial charge in [-0.15, -0.1) is 0 Å². The van der Waals surface area contributed by atoms with Crippen LogP contribution in [0.3, 0.4) is 0 Å². The Labute approximate surface area is 112 Å². The summed E-state index contributed by atoms with van der Waals surface area (Å²) < 4.78 is 54.1. The first kappa shape index (κ1) is 14.3. The number of alkyl halides is 4. The van der Waals surface area contributed by atoms with Crippen LogP contribution in [0.15, 0.2) is 36.4 Å². The highest BCUT2D eigenvalue weighted by Gasteiger charge is 2.39. The smallest absolute Gasteiger partial charge is 0.454 e. The number of carbonyl (C=O) groups is 1. The van der Waals surface area contributed by atoms with E-state index in [2.05, 4.69) is 0 Å². The van der Waals surface area contributed by atoms with Gasteiger partial charge < -0.3 is 4.74 Å². The average molecular weight is 286 g/mol. The lowest BCUT2D eigenvalue weighted by molar-refractivity contribution is -0.0885. The van der Waals surface area contributed by atoms with Crippen LogP contribution in [-0.4, -0.2) is 25.2 Å². The van der Waals surface area contributed by atoms with Crippen molar-refractivity contribution in [1.82, 2.24) is 0 Å². The summed E-state index contributed by atoms with van der Waals surface area (Å²) in [5, 5.41) is 1.09. The fourth-order valence-electron chi connectivity index (χ4n) is 1.77. The van der Waals surface area contributed by atoms with Crippen molar-refractivity contribution in [2.75, 3.05) is 13.3 Å². The zero-order chi connectivity index (χ0) is 14.8. The van der Waals surface area contributed by atoms with Crippen molar-refractivity contribution >= 4 is 16.6 Å². The molecule has 0 aliphatic rings. The van der Waals surface area contributed by atoms with E-state index in [1.807, 2.05) is 0 Å². The molecule has 0 aromatic heterocycles. The molecule has 106 valence electrons. The number of ketones is 1. The summed E-state index contributed by atoms with van der Waals surface area (Å²) in [5.41, 5.74) is -0.414. The standard InChI is InChI=1S/C14H10F4O2/c15-5-6-20-12-4-3-9-7-11(2-1-10(9)8-12)13(19)14(16,17)18/h1-4,7-8H,5-6H2. The van der Waals surface area contributed by atoms with E-state index in [0.717, 1.165) is 6.07 Å². The van der Waals surface area contributed by atoms with Crippen LogP contribution >= 0.6 is 0 Å². The quantitative estimate of drug-likeness (QED) is 0.628. The SMILES string of the molecule is O=C(c1ccc2cc(OCCF)ccc2c1)C(F)(F)F. The normalized spacial score (nSPS) is 11.6. The van der Waals surface area contributed by atoms with Gasteiger partial charge in [-0.2, -0.15) is 13.2 Å². The molecular weight excluding hydrogens is 276 g/mol. The van der Waals surface area contributed by atoms with Crippen LogP contribution in [-0.2, 0) is 0 Å². The molecule has 0 N–H and O–H groups in total. The molecule has 20 heavy (non-hydrogen) atoms. The molecule has 0 saturated carbocycles. The van der Waals surface area contributed by atoms with Crippen molar-refractivity contribution in [1.29, 1.82) is 0 Å². The van der Waals surface area contributed by atoms with E-state index in [9.17, 15) is 22.4 Å². The minimum absolute atomic E-state index is 0.0872. The van der Waals surface area contributed by atoms with Crippen molar-refractivity contribution < 1.29 is 27.1 Å². The fourth-order valence-corrected chi connectivity index (χ4v) is 1.77. The van der Waals surface area contributed by atoms with Crippen LogP contribution < -0.4 is 4.74 Å². The molecule has 0 amide bonds. The molecule has 2 rings (SSSR count). The number of hydrogen-bond acceptors (Lipinski definition) is 2. The number of rotatable bonds is 4. The number of hydrogen-bond donors (Lipinski definition) is 0. The van der Waals surface area contributed by atoms with Gasteiger partial charge in [0.05, 0.1) is 0 Å². The third-order valence-electron chi connectivity index (χ3n) is 2.68. The summed E-state index contributed by atoms with van der Waals surface area (Å²) in [4.78, 5) is 11.1. The number of Topliss-reactive ketones (excluding diaryl/α,β-unsaturated/α-hetero) is 1. The van der Waals surface area contributed by atoms with Crippen LogP contribution in [0.1, 0.15) is 10.4 Å². The summed E-state index contributed by atoms with van der Waals surface area (Å²) in [5.74, 6) is -1.46. The van der Waals surface area contributed by atoms with Crippen molar-refractivity contribution in [3.63, 3.8) is 0 Å². The monoisotopic (exact) mass is 286 g/mol. The first-order valence-corrected chi connectivity index (χ1v) is 5.76. The molecule has 0 saturated heterocycles. The third kappa shape index (κ3) is 3.07. The zero-order valence-electron chi connectivity index (χ0n) is 10.2. The Hall–Kier alpha value is -2.11.